The van der Waals surface area contributed by atoms with E-state index in [1.54, 1.807) is 12.1 Å². The number of para-hydroxylation sites is 1. The number of hydrogen-bond acceptors (Lipinski definition) is 4. The first-order chi connectivity index (χ1) is 10.0. The number of sulfonamides is 1. The summed E-state index contributed by atoms with van der Waals surface area (Å²) in [4.78, 5) is 0.900. The summed E-state index contributed by atoms with van der Waals surface area (Å²) in [5, 5.41) is 0. The Morgan fingerprint density at radius 1 is 1.10 bits per heavy atom. The molecule has 0 bridgehead atoms. The fraction of sp³-hybridized carbons (Fsp3) is 0.200. The molecule has 112 valence electrons. The number of benzene rings is 2. The Morgan fingerprint density at radius 3 is 2.52 bits per heavy atom. The average Bonchev–Trinajstić information content (AvgIpc) is 2.47. The van der Waals surface area contributed by atoms with Crippen LogP contribution in [-0.2, 0) is 22.3 Å². The second-order valence-corrected chi connectivity index (χ2v) is 7.16. The van der Waals surface area contributed by atoms with Crippen molar-refractivity contribution in [2.45, 2.75) is 17.2 Å². The molecular formula is C15H18N2O2S2. The van der Waals surface area contributed by atoms with Gasteiger partial charge in [0.15, 0.2) is 0 Å². The molecule has 4 nitrogen and oxygen atoms in total. The molecule has 0 heterocycles. The van der Waals surface area contributed by atoms with E-state index >= 15 is 0 Å². The van der Waals surface area contributed by atoms with Gasteiger partial charge in [0.25, 0.3) is 0 Å². The Morgan fingerprint density at radius 2 is 1.81 bits per heavy atom. The fourth-order valence-corrected chi connectivity index (χ4v) is 3.82. The molecule has 2 aromatic rings. The van der Waals surface area contributed by atoms with Crippen LogP contribution in [-0.4, -0.2) is 14.7 Å². The summed E-state index contributed by atoms with van der Waals surface area (Å²) in [6.45, 7) is 0.399. The fourth-order valence-electron chi connectivity index (χ4n) is 2.00. The molecule has 0 saturated carbocycles. The number of nitrogens with two attached hydrogens (primary N) is 1. The minimum absolute atomic E-state index is 0.0659. The van der Waals surface area contributed by atoms with Gasteiger partial charge in [-0.15, -0.1) is 11.8 Å². The van der Waals surface area contributed by atoms with Gasteiger partial charge in [-0.3, -0.25) is 4.72 Å². The van der Waals surface area contributed by atoms with Crippen LogP contribution >= 0.6 is 11.8 Å². The molecular weight excluding hydrogens is 304 g/mol. The van der Waals surface area contributed by atoms with Gasteiger partial charge in [-0.2, -0.15) is 0 Å². The van der Waals surface area contributed by atoms with Crippen molar-refractivity contribution in [1.82, 2.24) is 0 Å². The van der Waals surface area contributed by atoms with Gasteiger partial charge in [0.1, 0.15) is 0 Å². The van der Waals surface area contributed by atoms with Crippen LogP contribution in [0.3, 0.4) is 0 Å². The van der Waals surface area contributed by atoms with Gasteiger partial charge in [0.2, 0.25) is 10.0 Å². The van der Waals surface area contributed by atoms with Gasteiger partial charge in [-0.05, 0) is 29.5 Å². The maximum atomic E-state index is 12.3. The summed E-state index contributed by atoms with van der Waals surface area (Å²) >= 11 is 1.51. The highest BCUT2D eigenvalue weighted by Crippen LogP contribution is 2.26. The van der Waals surface area contributed by atoms with Crippen LogP contribution in [0.2, 0.25) is 0 Å². The van der Waals surface area contributed by atoms with Gasteiger partial charge < -0.3 is 5.73 Å². The van der Waals surface area contributed by atoms with Crippen LogP contribution in [0.4, 0.5) is 5.69 Å². The Balaban J connectivity index is 2.18. The SMILES string of the molecule is CSc1ccccc1NS(=O)(=O)Cc1cccc(CN)c1. The monoisotopic (exact) mass is 322 g/mol. The van der Waals surface area contributed by atoms with E-state index in [1.807, 2.05) is 42.7 Å². The predicted molar refractivity (Wildman–Crippen MR) is 88.8 cm³/mol. The minimum atomic E-state index is -3.45. The van der Waals surface area contributed by atoms with Crippen molar-refractivity contribution in [3.05, 3.63) is 59.7 Å². The van der Waals surface area contributed by atoms with Crippen LogP contribution in [0, 0.1) is 0 Å². The Hall–Kier alpha value is -1.50. The molecule has 21 heavy (non-hydrogen) atoms. The molecule has 0 aromatic heterocycles. The quantitative estimate of drug-likeness (QED) is 0.802. The first-order valence-corrected chi connectivity index (χ1v) is 9.33. The highest BCUT2D eigenvalue weighted by Gasteiger charge is 2.13. The van der Waals surface area contributed by atoms with E-state index in [4.69, 9.17) is 5.73 Å². The van der Waals surface area contributed by atoms with Crippen LogP contribution < -0.4 is 10.5 Å². The highest BCUT2D eigenvalue weighted by molar-refractivity contribution is 7.99. The maximum absolute atomic E-state index is 12.3. The van der Waals surface area contributed by atoms with Gasteiger partial charge in [-0.25, -0.2) is 8.42 Å². The summed E-state index contributed by atoms with van der Waals surface area (Å²) in [5.74, 6) is -0.0659. The first-order valence-electron chi connectivity index (χ1n) is 6.45. The van der Waals surface area contributed by atoms with Crippen molar-refractivity contribution in [2.75, 3.05) is 11.0 Å². The van der Waals surface area contributed by atoms with E-state index < -0.39 is 10.0 Å². The zero-order chi connectivity index (χ0) is 15.3. The first kappa shape index (κ1) is 15.9. The number of rotatable bonds is 6. The Labute approximate surface area is 129 Å². The molecule has 0 amide bonds. The van der Waals surface area contributed by atoms with Gasteiger partial charge in [0.05, 0.1) is 11.4 Å². The van der Waals surface area contributed by atoms with E-state index in [1.165, 1.54) is 11.8 Å². The van der Waals surface area contributed by atoms with Crippen LogP contribution in [0.1, 0.15) is 11.1 Å². The van der Waals surface area contributed by atoms with Crippen LogP contribution in [0.5, 0.6) is 0 Å². The number of anilines is 1. The Kier molecular flexibility index (Phi) is 5.27. The molecule has 3 N–H and O–H groups in total. The summed E-state index contributed by atoms with van der Waals surface area (Å²) in [5.41, 5.74) is 7.84. The molecule has 6 heteroatoms. The number of nitrogens with one attached hydrogen (secondary N) is 1. The standard InChI is InChI=1S/C15H18N2O2S2/c1-20-15-8-3-2-7-14(15)17-21(18,19)11-13-6-4-5-12(9-13)10-16/h2-9,17H,10-11,16H2,1H3. The molecule has 2 aromatic carbocycles. The van der Waals surface area contributed by atoms with Gasteiger partial charge >= 0.3 is 0 Å². The van der Waals surface area contributed by atoms with Gasteiger partial charge in [-0.1, -0.05) is 36.4 Å². The smallest absolute Gasteiger partial charge is 0.236 e. The zero-order valence-electron chi connectivity index (χ0n) is 11.7. The van der Waals surface area contributed by atoms with E-state index in [0.717, 1.165) is 16.0 Å². The van der Waals surface area contributed by atoms with Gasteiger partial charge in [0, 0.05) is 11.4 Å². The van der Waals surface area contributed by atoms with Crippen molar-refractivity contribution in [3.63, 3.8) is 0 Å². The molecule has 0 radical (unpaired) electrons. The third-order valence-corrected chi connectivity index (χ3v) is 5.00. The van der Waals surface area contributed by atoms with E-state index in [9.17, 15) is 8.42 Å². The van der Waals surface area contributed by atoms with Crippen LogP contribution in [0.15, 0.2) is 53.4 Å². The lowest BCUT2D eigenvalue weighted by Crippen LogP contribution is -2.15. The maximum Gasteiger partial charge on any atom is 0.236 e. The highest BCUT2D eigenvalue weighted by atomic mass is 32.2. The van der Waals surface area contributed by atoms with E-state index in [0.29, 0.717) is 12.2 Å². The third-order valence-electron chi connectivity index (χ3n) is 2.96. The topological polar surface area (TPSA) is 72.2 Å². The summed E-state index contributed by atoms with van der Waals surface area (Å²) in [6.07, 6.45) is 1.91. The molecule has 0 saturated heterocycles. The number of hydrogen-bond donors (Lipinski definition) is 2. The molecule has 0 aliphatic heterocycles. The lowest BCUT2D eigenvalue weighted by Gasteiger charge is -2.11. The molecule has 0 aliphatic rings. The summed E-state index contributed by atoms with van der Waals surface area (Å²) in [7, 11) is -3.45. The molecule has 0 atom stereocenters. The molecule has 0 spiro atoms. The van der Waals surface area contributed by atoms with Crippen molar-refractivity contribution in [2.24, 2.45) is 5.73 Å². The normalized spacial score (nSPS) is 11.3. The van der Waals surface area contributed by atoms with Crippen LogP contribution in [0.25, 0.3) is 0 Å². The lowest BCUT2D eigenvalue weighted by atomic mass is 10.1. The molecule has 0 aliphatic carbocycles. The van der Waals surface area contributed by atoms with Crippen molar-refractivity contribution in [3.8, 4) is 0 Å². The Bertz CT molecular complexity index is 715. The minimum Gasteiger partial charge on any atom is -0.326 e. The molecule has 0 unspecified atom stereocenters. The summed E-state index contributed by atoms with van der Waals surface area (Å²) in [6, 6.07) is 14.7. The summed E-state index contributed by atoms with van der Waals surface area (Å²) < 4.78 is 27.2. The van der Waals surface area contributed by atoms with E-state index in [-0.39, 0.29) is 5.75 Å². The molecule has 2 rings (SSSR count). The second-order valence-electron chi connectivity index (χ2n) is 4.59. The van der Waals surface area contributed by atoms with Crippen molar-refractivity contribution < 1.29 is 8.42 Å². The second kappa shape index (κ2) is 6.98. The lowest BCUT2D eigenvalue weighted by molar-refractivity contribution is 0.600. The zero-order valence-corrected chi connectivity index (χ0v) is 13.4. The molecule has 0 fully saturated rings. The predicted octanol–water partition coefficient (Wildman–Crippen LogP) is 2.81. The van der Waals surface area contributed by atoms with Crippen molar-refractivity contribution >= 4 is 27.5 Å². The largest absolute Gasteiger partial charge is 0.326 e. The number of thioether (sulfide) groups is 1. The average molecular weight is 322 g/mol. The van der Waals surface area contributed by atoms with Crippen molar-refractivity contribution in [1.29, 1.82) is 0 Å². The van der Waals surface area contributed by atoms with E-state index in [2.05, 4.69) is 4.72 Å². The third kappa shape index (κ3) is 4.49.